The van der Waals surface area contributed by atoms with Gasteiger partial charge in [-0.1, -0.05) is 29.8 Å². The van der Waals surface area contributed by atoms with E-state index in [1.807, 2.05) is 27.7 Å². The van der Waals surface area contributed by atoms with Crippen molar-refractivity contribution in [3.63, 3.8) is 0 Å². The number of amides is 2. The molecule has 0 fully saturated rings. The molecule has 0 aliphatic heterocycles. The maximum atomic E-state index is 11.6. The summed E-state index contributed by atoms with van der Waals surface area (Å²) >= 11 is 1.54. The molecule has 2 amide bonds. The highest BCUT2D eigenvalue weighted by Crippen LogP contribution is 2.12. The lowest BCUT2D eigenvalue weighted by atomic mass is 10.1. The Kier molecular flexibility index (Phi) is 6.75. The van der Waals surface area contributed by atoms with E-state index in [1.165, 1.54) is 11.1 Å². The molecule has 0 heterocycles. The third-order valence-corrected chi connectivity index (χ3v) is 3.59. The number of aryl methyl sites for hydroxylation is 1. The summed E-state index contributed by atoms with van der Waals surface area (Å²) in [5.74, 6) is 0.869. The number of nitrogens with one attached hydrogen (secondary N) is 2. The van der Waals surface area contributed by atoms with Gasteiger partial charge >= 0.3 is 0 Å². The fraction of sp³-hybridized carbons (Fsp3) is 0.500. The van der Waals surface area contributed by atoms with Crippen LogP contribution in [0.1, 0.15) is 31.9 Å². The molecule has 2 N–H and O–H groups in total. The number of rotatable bonds is 6. The third-order valence-electron chi connectivity index (χ3n) is 2.58. The summed E-state index contributed by atoms with van der Waals surface area (Å²) in [6.07, 6.45) is 0. The van der Waals surface area contributed by atoms with Crippen LogP contribution in [0, 0.1) is 6.92 Å². The van der Waals surface area contributed by atoms with Crippen LogP contribution in [0.25, 0.3) is 0 Å². The van der Waals surface area contributed by atoms with Gasteiger partial charge in [0.05, 0.1) is 12.3 Å². The van der Waals surface area contributed by atoms with Crippen molar-refractivity contribution in [2.45, 2.75) is 39.0 Å². The summed E-state index contributed by atoms with van der Waals surface area (Å²) in [7, 11) is 0. The van der Waals surface area contributed by atoms with Crippen molar-refractivity contribution in [1.82, 2.24) is 10.6 Å². The van der Waals surface area contributed by atoms with Crippen LogP contribution in [0.4, 0.5) is 0 Å². The van der Waals surface area contributed by atoms with Crippen molar-refractivity contribution in [3.05, 3.63) is 35.4 Å². The minimum atomic E-state index is -0.276. The summed E-state index contributed by atoms with van der Waals surface area (Å²) < 4.78 is 0. The first-order chi connectivity index (χ1) is 9.76. The molecule has 0 aliphatic carbocycles. The quantitative estimate of drug-likeness (QED) is 0.847. The Hall–Kier alpha value is -1.49. The van der Waals surface area contributed by atoms with E-state index in [4.69, 9.17) is 0 Å². The van der Waals surface area contributed by atoms with Gasteiger partial charge in [-0.3, -0.25) is 9.59 Å². The Bertz CT molecular complexity index is 478. The molecule has 0 spiro atoms. The van der Waals surface area contributed by atoms with E-state index in [0.29, 0.717) is 5.75 Å². The summed E-state index contributed by atoms with van der Waals surface area (Å²) in [5.41, 5.74) is 2.15. The monoisotopic (exact) mass is 308 g/mol. The molecule has 0 saturated heterocycles. The fourth-order valence-electron chi connectivity index (χ4n) is 1.64. The molecule has 0 bridgehead atoms. The first kappa shape index (κ1) is 17.6. The lowest BCUT2D eigenvalue weighted by molar-refractivity contribution is -0.125. The minimum Gasteiger partial charge on any atom is -0.350 e. The standard InChI is InChI=1S/C16H24N2O2S/c1-12-5-7-13(8-6-12)10-21-11-15(20)17-9-14(19)18-16(2,3)4/h5-8H,9-11H2,1-4H3,(H,17,20)(H,18,19). The highest BCUT2D eigenvalue weighted by molar-refractivity contribution is 7.99. The van der Waals surface area contributed by atoms with Crippen LogP contribution in [0.15, 0.2) is 24.3 Å². The Morgan fingerprint density at radius 1 is 1.10 bits per heavy atom. The van der Waals surface area contributed by atoms with Crippen LogP contribution in [-0.4, -0.2) is 29.7 Å². The van der Waals surface area contributed by atoms with E-state index in [0.717, 1.165) is 5.75 Å². The van der Waals surface area contributed by atoms with Crippen molar-refractivity contribution in [2.75, 3.05) is 12.3 Å². The highest BCUT2D eigenvalue weighted by Gasteiger charge is 2.14. The molecular formula is C16H24N2O2S. The zero-order valence-corrected chi connectivity index (χ0v) is 14.0. The third kappa shape index (κ3) is 8.40. The molecule has 4 nitrogen and oxygen atoms in total. The van der Waals surface area contributed by atoms with Crippen molar-refractivity contribution < 1.29 is 9.59 Å². The molecule has 0 aromatic heterocycles. The second-order valence-corrected chi connectivity index (χ2v) is 7.04. The maximum absolute atomic E-state index is 11.6. The van der Waals surface area contributed by atoms with Crippen molar-refractivity contribution in [1.29, 1.82) is 0 Å². The van der Waals surface area contributed by atoms with Crippen LogP contribution in [0.3, 0.4) is 0 Å². The molecule has 0 radical (unpaired) electrons. The van der Waals surface area contributed by atoms with Gasteiger partial charge in [0.1, 0.15) is 0 Å². The van der Waals surface area contributed by atoms with E-state index in [2.05, 4.69) is 34.9 Å². The zero-order valence-electron chi connectivity index (χ0n) is 13.2. The average Bonchev–Trinajstić information content (AvgIpc) is 2.37. The van der Waals surface area contributed by atoms with E-state index in [1.54, 1.807) is 11.8 Å². The Morgan fingerprint density at radius 3 is 2.29 bits per heavy atom. The van der Waals surface area contributed by atoms with Crippen LogP contribution in [-0.2, 0) is 15.3 Å². The van der Waals surface area contributed by atoms with Gasteiger partial charge in [-0.05, 0) is 33.3 Å². The van der Waals surface area contributed by atoms with Crippen LogP contribution in [0.5, 0.6) is 0 Å². The van der Waals surface area contributed by atoms with Crippen molar-refractivity contribution in [3.8, 4) is 0 Å². The summed E-state index contributed by atoms with van der Waals surface area (Å²) in [6, 6.07) is 8.26. The SMILES string of the molecule is Cc1ccc(CSCC(=O)NCC(=O)NC(C)(C)C)cc1. The number of carbonyl (C=O) groups excluding carboxylic acids is 2. The molecule has 0 aliphatic rings. The van der Waals surface area contributed by atoms with Gasteiger partial charge in [-0.25, -0.2) is 0 Å². The minimum absolute atomic E-state index is 0.0290. The number of hydrogen-bond acceptors (Lipinski definition) is 3. The number of hydrogen-bond donors (Lipinski definition) is 2. The topological polar surface area (TPSA) is 58.2 Å². The van der Waals surface area contributed by atoms with Crippen LogP contribution >= 0.6 is 11.8 Å². The molecule has 0 saturated carbocycles. The van der Waals surface area contributed by atoms with E-state index in [9.17, 15) is 9.59 Å². The predicted octanol–water partition coefficient (Wildman–Crippen LogP) is 2.26. The Balaban J connectivity index is 2.19. The second-order valence-electron chi connectivity index (χ2n) is 6.05. The second kappa shape index (κ2) is 8.08. The number of carbonyl (C=O) groups is 2. The largest absolute Gasteiger partial charge is 0.350 e. The van der Waals surface area contributed by atoms with Gasteiger partial charge in [0, 0.05) is 11.3 Å². The van der Waals surface area contributed by atoms with Crippen LogP contribution in [0.2, 0.25) is 0 Å². The first-order valence-corrected chi connectivity index (χ1v) is 8.13. The lowest BCUT2D eigenvalue weighted by Gasteiger charge is -2.20. The van der Waals surface area contributed by atoms with Gasteiger partial charge in [0.15, 0.2) is 0 Å². The van der Waals surface area contributed by atoms with Crippen molar-refractivity contribution >= 4 is 23.6 Å². The molecule has 0 atom stereocenters. The van der Waals surface area contributed by atoms with Crippen molar-refractivity contribution in [2.24, 2.45) is 0 Å². The molecule has 0 unspecified atom stereocenters. The summed E-state index contributed by atoms with van der Waals surface area (Å²) in [5, 5.41) is 5.43. The smallest absolute Gasteiger partial charge is 0.239 e. The number of thioether (sulfide) groups is 1. The normalized spacial score (nSPS) is 11.0. The molecule has 116 valence electrons. The number of benzene rings is 1. The van der Waals surface area contributed by atoms with E-state index >= 15 is 0 Å². The molecule has 21 heavy (non-hydrogen) atoms. The van der Waals surface area contributed by atoms with Gasteiger partial charge in [0.2, 0.25) is 11.8 Å². The fourth-order valence-corrected chi connectivity index (χ4v) is 2.46. The summed E-state index contributed by atoms with van der Waals surface area (Å²) in [4.78, 5) is 23.2. The van der Waals surface area contributed by atoms with Crippen LogP contribution < -0.4 is 10.6 Å². The predicted molar refractivity (Wildman–Crippen MR) is 88.2 cm³/mol. The van der Waals surface area contributed by atoms with Gasteiger partial charge in [-0.15, -0.1) is 11.8 Å². The Labute approximate surface area is 131 Å². The van der Waals surface area contributed by atoms with E-state index in [-0.39, 0.29) is 23.9 Å². The summed E-state index contributed by atoms with van der Waals surface area (Å²) in [6.45, 7) is 7.80. The zero-order chi connectivity index (χ0) is 15.9. The van der Waals surface area contributed by atoms with Gasteiger partial charge in [0.25, 0.3) is 0 Å². The lowest BCUT2D eigenvalue weighted by Crippen LogP contribution is -2.46. The maximum Gasteiger partial charge on any atom is 0.239 e. The van der Waals surface area contributed by atoms with E-state index < -0.39 is 0 Å². The molecule has 1 aromatic rings. The average molecular weight is 308 g/mol. The van der Waals surface area contributed by atoms with Gasteiger partial charge in [-0.2, -0.15) is 0 Å². The van der Waals surface area contributed by atoms with Gasteiger partial charge < -0.3 is 10.6 Å². The molecule has 1 aromatic carbocycles. The first-order valence-electron chi connectivity index (χ1n) is 6.97. The highest BCUT2D eigenvalue weighted by atomic mass is 32.2. The molecule has 5 heteroatoms. The molecule has 1 rings (SSSR count). The Morgan fingerprint density at radius 2 is 1.71 bits per heavy atom. The molecular weight excluding hydrogens is 284 g/mol.